The average molecular weight is 274 g/mol. The van der Waals surface area contributed by atoms with Crippen molar-refractivity contribution in [3.63, 3.8) is 0 Å². The molecule has 0 aliphatic carbocycles. The van der Waals surface area contributed by atoms with Crippen molar-refractivity contribution in [2.45, 2.75) is 6.61 Å². The van der Waals surface area contributed by atoms with Crippen molar-refractivity contribution in [3.05, 3.63) is 47.7 Å². The molecular weight excluding hydrogens is 260 g/mol. The molecule has 0 aliphatic heterocycles. The number of benzene rings is 1. The molecule has 20 heavy (non-hydrogen) atoms. The van der Waals surface area contributed by atoms with Crippen molar-refractivity contribution in [1.29, 1.82) is 0 Å². The molecule has 0 radical (unpaired) electrons. The number of hydrogen-bond donors (Lipinski definition) is 2. The Balaban J connectivity index is 2.26. The van der Waals surface area contributed by atoms with E-state index in [-0.39, 0.29) is 23.7 Å². The van der Waals surface area contributed by atoms with Crippen LogP contribution in [0.5, 0.6) is 11.6 Å². The van der Waals surface area contributed by atoms with Crippen LogP contribution in [0.1, 0.15) is 15.9 Å². The van der Waals surface area contributed by atoms with Gasteiger partial charge in [0, 0.05) is 6.20 Å². The molecule has 1 heterocycles. The maximum absolute atomic E-state index is 11.5. The number of esters is 1. The molecule has 1 aromatic heterocycles. The summed E-state index contributed by atoms with van der Waals surface area (Å²) in [5.41, 5.74) is 6.92. The van der Waals surface area contributed by atoms with Gasteiger partial charge in [0.1, 0.15) is 11.4 Å². The fourth-order valence-electron chi connectivity index (χ4n) is 1.60. The molecule has 0 spiro atoms. The molecule has 104 valence electrons. The Bertz CT molecular complexity index is 611. The number of pyridine rings is 1. The third kappa shape index (κ3) is 2.86. The lowest BCUT2D eigenvalue weighted by atomic mass is 10.2. The first-order valence-electron chi connectivity index (χ1n) is 5.86. The van der Waals surface area contributed by atoms with Crippen LogP contribution in [0.3, 0.4) is 0 Å². The van der Waals surface area contributed by atoms with E-state index in [2.05, 4.69) is 9.72 Å². The molecule has 0 fully saturated rings. The minimum atomic E-state index is -0.551. The zero-order chi connectivity index (χ0) is 14.5. The number of carbonyl (C=O) groups excluding carboxylic acids is 1. The minimum Gasteiger partial charge on any atom is -0.465 e. The normalized spacial score (nSPS) is 10.1. The van der Waals surface area contributed by atoms with E-state index in [1.807, 2.05) is 0 Å². The topological polar surface area (TPSA) is 94.7 Å². The lowest BCUT2D eigenvalue weighted by molar-refractivity contribution is 0.0601. The second kappa shape index (κ2) is 6.03. The number of aliphatic hydroxyl groups excluding tert-OH is 1. The van der Waals surface area contributed by atoms with Gasteiger partial charge < -0.3 is 20.3 Å². The van der Waals surface area contributed by atoms with Crippen LogP contribution in [0.4, 0.5) is 5.69 Å². The maximum Gasteiger partial charge on any atom is 0.340 e. The Labute approximate surface area is 115 Å². The van der Waals surface area contributed by atoms with Crippen LogP contribution in [0.2, 0.25) is 0 Å². The molecule has 6 nitrogen and oxygen atoms in total. The van der Waals surface area contributed by atoms with E-state index in [0.717, 1.165) is 5.56 Å². The number of nitrogens with zero attached hydrogens (tertiary/aromatic N) is 1. The monoisotopic (exact) mass is 274 g/mol. The summed E-state index contributed by atoms with van der Waals surface area (Å²) in [7, 11) is 1.27. The van der Waals surface area contributed by atoms with E-state index >= 15 is 0 Å². The van der Waals surface area contributed by atoms with Gasteiger partial charge in [-0.3, -0.25) is 0 Å². The van der Waals surface area contributed by atoms with Crippen LogP contribution in [0, 0.1) is 0 Å². The molecule has 0 unspecified atom stereocenters. The number of ether oxygens (including phenoxy) is 2. The second-order valence-electron chi connectivity index (χ2n) is 3.97. The molecule has 0 saturated carbocycles. The lowest BCUT2D eigenvalue weighted by Gasteiger charge is -2.10. The van der Waals surface area contributed by atoms with Gasteiger partial charge in [-0.1, -0.05) is 12.1 Å². The number of carbonyl (C=O) groups is 1. The summed E-state index contributed by atoms with van der Waals surface area (Å²) in [5.74, 6) is 0.0819. The van der Waals surface area contributed by atoms with Crippen molar-refractivity contribution in [1.82, 2.24) is 4.98 Å². The van der Waals surface area contributed by atoms with Crippen LogP contribution in [0.15, 0.2) is 36.5 Å². The maximum atomic E-state index is 11.5. The molecule has 2 rings (SSSR count). The van der Waals surface area contributed by atoms with Crippen LogP contribution in [-0.4, -0.2) is 23.2 Å². The number of nitrogens with two attached hydrogens (primary N) is 1. The summed E-state index contributed by atoms with van der Waals surface area (Å²) in [4.78, 5) is 15.5. The van der Waals surface area contributed by atoms with Crippen LogP contribution in [-0.2, 0) is 11.3 Å². The summed E-state index contributed by atoms with van der Waals surface area (Å²) in [6.45, 7) is -0.0432. The van der Waals surface area contributed by atoms with Gasteiger partial charge in [-0.2, -0.15) is 0 Å². The third-order valence-corrected chi connectivity index (χ3v) is 2.68. The van der Waals surface area contributed by atoms with Gasteiger partial charge in [0.15, 0.2) is 0 Å². The first-order valence-corrected chi connectivity index (χ1v) is 5.86. The Hall–Kier alpha value is -2.60. The number of aromatic nitrogens is 1. The summed E-state index contributed by atoms with van der Waals surface area (Å²) in [6.07, 6.45) is 1.42. The zero-order valence-corrected chi connectivity index (χ0v) is 10.9. The highest BCUT2D eigenvalue weighted by Gasteiger charge is 2.15. The first kappa shape index (κ1) is 13.8. The van der Waals surface area contributed by atoms with E-state index < -0.39 is 5.97 Å². The van der Waals surface area contributed by atoms with E-state index in [1.165, 1.54) is 19.4 Å². The third-order valence-electron chi connectivity index (χ3n) is 2.68. The predicted molar refractivity (Wildman–Crippen MR) is 72.4 cm³/mol. The zero-order valence-electron chi connectivity index (χ0n) is 10.9. The van der Waals surface area contributed by atoms with E-state index in [1.54, 1.807) is 24.3 Å². The number of aliphatic hydroxyl groups is 1. The molecule has 0 atom stereocenters. The number of anilines is 1. The molecule has 1 aromatic carbocycles. The fourth-order valence-corrected chi connectivity index (χ4v) is 1.60. The molecule has 6 heteroatoms. The lowest BCUT2D eigenvalue weighted by Crippen LogP contribution is -2.07. The number of methoxy groups -OCH3 is 1. The Morgan fingerprint density at radius 3 is 2.60 bits per heavy atom. The average Bonchev–Trinajstić information content (AvgIpc) is 2.49. The van der Waals surface area contributed by atoms with Crippen LogP contribution >= 0.6 is 0 Å². The van der Waals surface area contributed by atoms with Gasteiger partial charge in [-0.25, -0.2) is 9.78 Å². The van der Waals surface area contributed by atoms with Gasteiger partial charge in [0.2, 0.25) is 5.88 Å². The number of rotatable bonds is 4. The van der Waals surface area contributed by atoms with Gasteiger partial charge in [0.05, 0.1) is 19.3 Å². The van der Waals surface area contributed by atoms with E-state index in [9.17, 15) is 4.79 Å². The Morgan fingerprint density at radius 2 is 2.00 bits per heavy atom. The largest absolute Gasteiger partial charge is 0.465 e. The highest BCUT2D eigenvalue weighted by atomic mass is 16.5. The fraction of sp³-hybridized carbons (Fsp3) is 0.143. The minimum absolute atomic E-state index is 0.0432. The standard InChI is InChI=1S/C14H14N2O4/c1-19-14(18)11-6-7-16-13(12(11)15)20-10-4-2-9(8-17)3-5-10/h2-7,17H,8,15H2,1H3. The molecule has 0 saturated heterocycles. The summed E-state index contributed by atoms with van der Waals surface area (Å²) in [6, 6.07) is 8.25. The molecule has 2 aromatic rings. The van der Waals surface area contributed by atoms with Crippen LogP contribution in [0.25, 0.3) is 0 Å². The van der Waals surface area contributed by atoms with E-state index in [4.69, 9.17) is 15.6 Å². The van der Waals surface area contributed by atoms with Crippen molar-refractivity contribution in [2.75, 3.05) is 12.8 Å². The summed E-state index contributed by atoms with van der Waals surface area (Å²) >= 11 is 0. The number of nitrogen functional groups attached to an aromatic ring is 1. The van der Waals surface area contributed by atoms with Gasteiger partial charge >= 0.3 is 5.97 Å². The van der Waals surface area contributed by atoms with Gasteiger partial charge in [-0.05, 0) is 23.8 Å². The highest BCUT2D eigenvalue weighted by Crippen LogP contribution is 2.28. The Morgan fingerprint density at radius 1 is 1.30 bits per heavy atom. The SMILES string of the molecule is COC(=O)c1ccnc(Oc2ccc(CO)cc2)c1N. The molecule has 0 bridgehead atoms. The van der Waals surface area contributed by atoms with E-state index in [0.29, 0.717) is 5.75 Å². The summed E-state index contributed by atoms with van der Waals surface area (Å²) < 4.78 is 10.1. The van der Waals surface area contributed by atoms with Crippen molar-refractivity contribution < 1.29 is 19.4 Å². The summed E-state index contributed by atoms with van der Waals surface area (Å²) in [5, 5.41) is 8.96. The van der Waals surface area contributed by atoms with Crippen molar-refractivity contribution >= 4 is 11.7 Å². The van der Waals surface area contributed by atoms with Crippen molar-refractivity contribution in [3.8, 4) is 11.6 Å². The molecule has 3 N–H and O–H groups in total. The first-order chi connectivity index (χ1) is 9.65. The van der Waals surface area contributed by atoms with Crippen LogP contribution < -0.4 is 10.5 Å². The molecule has 0 aliphatic rings. The Kier molecular flexibility index (Phi) is 4.17. The quantitative estimate of drug-likeness (QED) is 0.824. The highest BCUT2D eigenvalue weighted by molar-refractivity contribution is 5.96. The second-order valence-corrected chi connectivity index (χ2v) is 3.97. The molecule has 0 amide bonds. The number of hydrogen-bond acceptors (Lipinski definition) is 6. The van der Waals surface area contributed by atoms with Crippen molar-refractivity contribution in [2.24, 2.45) is 0 Å². The van der Waals surface area contributed by atoms with Gasteiger partial charge in [0.25, 0.3) is 0 Å². The predicted octanol–water partition coefficient (Wildman–Crippen LogP) is 1.73. The molecular formula is C14H14N2O4. The smallest absolute Gasteiger partial charge is 0.340 e. The van der Waals surface area contributed by atoms with Gasteiger partial charge in [-0.15, -0.1) is 0 Å².